The van der Waals surface area contributed by atoms with Crippen LogP contribution in [0.1, 0.15) is 28.4 Å². The molecule has 0 bridgehead atoms. The van der Waals surface area contributed by atoms with E-state index in [2.05, 4.69) is 10.2 Å². The van der Waals surface area contributed by atoms with Crippen molar-refractivity contribution in [2.75, 3.05) is 50.0 Å². The smallest absolute Gasteiger partial charge is 0.251 e. The molecule has 9 nitrogen and oxygen atoms in total. The number of nitrogens with one attached hydrogen (secondary N) is 1. The van der Waals surface area contributed by atoms with Gasteiger partial charge >= 0.3 is 0 Å². The van der Waals surface area contributed by atoms with Gasteiger partial charge in [-0.15, -0.1) is 0 Å². The van der Waals surface area contributed by atoms with Crippen molar-refractivity contribution in [3.63, 3.8) is 0 Å². The molecule has 176 valence electrons. The maximum Gasteiger partial charge on any atom is 0.251 e. The zero-order valence-corrected chi connectivity index (χ0v) is 19.2. The van der Waals surface area contributed by atoms with Gasteiger partial charge in [0, 0.05) is 31.6 Å². The summed E-state index contributed by atoms with van der Waals surface area (Å²) in [6, 6.07) is 13.8. The average molecular weight is 474 g/mol. The fourth-order valence-corrected chi connectivity index (χ4v) is 5.56. The Morgan fingerprint density at radius 3 is 2.52 bits per heavy atom. The largest absolute Gasteiger partial charge is 0.497 e. The number of sulfonamides is 1. The van der Waals surface area contributed by atoms with Crippen LogP contribution in [0.3, 0.4) is 0 Å². The third kappa shape index (κ3) is 5.18. The Morgan fingerprint density at radius 1 is 1.15 bits per heavy atom. The van der Waals surface area contributed by atoms with Gasteiger partial charge in [0.15, 0.2) is 0 Å². The molecule has 0 unspecified atom stereocenters. The minimum absolute atomic E-state index is 0.0537. The van der Waals surface area contributed by atoms with Gasteiger partial charge in [-0.1, -0.05) is 18.2 Å². The number of carbonyl (C=O) groups excluding carboxylic acids is 2. The van der Waals surface area contributed by atoms with E-state index in [4.69, 9.17) is 9.47 Å². The maximum atomic E-state index is 12.9. The van der Waals surface area contributed by atoms with E-state index >= 15 is 0 Å². The van der Waals surface area contributed by atoms with Gasteiger partial charge in [0.05, 0.1) is 37.8 Å². The number of rotatable bonds is 7. The van der Waals surface area contributed by atoms with E-state index in [1.807, 2.05) is 24.3 Å². The van der Waals surface area contributed by atoms with Crippen molar-refractivity contribution in [1.29, 1.82) is 0 Å². The second kappa shape index (κ2) is 9.90. The molecule has 10 heteroatoms. The Kier molecular flexibility index (Phi) is 6.96. The van der Waals surface area contributed by atoms with E-state index in [1.165, 1.54) is 12.1 Å². The number of hydrogen-bond donors (Lipinski definition) is 1. The molecule has 0 aliphatic carbocycles. The third-order valence-electron chi connectivity index (χ3n) is 5.86. The van der Waals surface area contributed by atoms with Crippen LogP contribution in [0.15, 0.2) is 48.5 Å². The van der Waals surface area contributed by atoms with Gasteiger partial charge in [-0.3, -0.25) is 14.5 Å². The summed E-state index contributed by atoms with van der Waals surface area (Å²) in [6.07, 6.45) is -0.0537. The summed E-state index contributed by atoms with van der Waals surface area (Å²) in [7, 11) is -2.08. The molecule has 2 aliphatic rings. The minimum atomic E-state index is -3.69. The zero-order valence-electron chi connectivity index (χ0n) is 18.4. The first-order valence-corrected chi connectivity index (χ1v) is 12.4. The molecule has 1 N–H and O–H groups in total. The molecule has 2 aromatic carbocycles. The second-order valence-electron chi connectivity index (χ2n) is 7.92. The predicted molar refractivity (Wildman–Crippen MR) is 123 cm³/mol. The lowest BCUT2D eigenvalue weighted by Gasteiger charge is -2.35. The number of morpholine rings is 1. The number of hydrogen-bond acceptors (Lipinski definition) is 7. The van der Waals surface area contributed by atoms with Crippen LogP contribution >= 0.6 is 0 Å². The van der Waals surface area contributed by atoms with Crippen molar-refractivity contribution in [1.82, 2.24) is 10.2 Å². The predicted octanol–water partition coefficient (Wildman–Crippen LogP) is 1.56. The Bertz CT molecular complexity index is 1110. The maximum absolute atomic E-state index is 12.9. The molecular formula is C23H27N3O6S. The van der Waals surface area contributed by atoms with E-state index in [-0.39, 0.29) is 35.4 Å². The summed E-state index contributed by atoms with van der Waals surface area (Å²) >= 11 is 0. The molecule has 4 rings (SSSR count). The highest BCUT2D eigenvalue weighted by molar-refractivity contribution is 7.94. The van der Waals surface area contributed by atoms with Gasteiger partial charge in [0.1, 0.15) is 5.75 Å². The van der Waals surface area contributed by atoms with Gasteiger partial charge in [0.2, 0.25) is 15.9 Å². The number of carbonyl (C=O) groups is 2. The summed E-state index contributed by atoms with van der Waals surface area (Å²) in [4.78, 5) is 27.3. The third-order valence-corrected chi connectivity index (χ3v) is 7.56. The Morgan fingerprint density at radius 2 is 1.88 bits per heavy atom. The van der Waals surface area contributed by atoms with Crippen LogP contribution in [0.25, 0.3) is 0 Å². The van der Waals surface area contributed by atoms with Gasteiger partial charge in [-0.05, 0) is 35.9 Å². The van der Waals surface area contributed by atoms with Crippen LogP contribution in [0.2, 0.25) is 0 Å². The van der Waals surface area contributed by atoms with Crippen molar-refractivity contribution in [3.05, 3.63) is 59.7 Å². The SMILES string of the molecule is COc1ccc([C@@H](CNC(=O)c2cccc(N3C(=O)CCS3(=O)=O)c2)N2CCOCC2)cc1. The summed E-state index contributed by atoms with van der Waals surface area (Å²) < 4.78 is 36.0. The number of ether oxygens (including phenoxy) is 2. The van der Waals surface area contributed by atoms with Crippen molar-refractivity contribution in [3.8, 4) is 5.75 Å². The summed E-state index contributed by atoms with van der Waals surface area (Å²) in [5, 5.41) is 2.97. The van der Waals surface area contributed by atoms with Gasteiger partial charge in [-0.2, -0.15) is 0 Å². The number of anilines is 1. The quantitative estimate of drug-likeness (QED) is 0.651. The normalized spacial score (nSPS) is 19.3. The highest BCUT2D eigenvalue weighted by Gasteiger charge is 2.36. The lowest BCUT2D eigenvalue weighted by molar-refractivity contribution is -0.116. The molecule has 1 atom stereocenters. The van der Waals surface area contributed by atoms with E-state index in [9.17, 15) is 18.0 Å². The molecule has 2 amide bonds. The number of nitrogens with zero attached hydrogens (tertiary/aromatic N) is 2. The summed E-state index contributed by atoms with van der Waals surface area (Å²) in [5.74, 6) is -0.287. The first-order chi connectivity index (χ1) is 15.9. The lowest BCUT2D eigenvalue weighted by Crippen LogP contribution is -2.43. The van der Waals surface area contributed by atoms with E-state index in [0.717, 1.165) is 28.7 Å². The Hall–Kier alpha value is -2.95. The molecule has 0 saturated carbocycles. The number of amides is 2. The van der Waals surface area contributed by atoms with E-state index in [0.29, 0.717) is 19.8 Å². The summed E-state index contributed by atoms with van der Waals surface area (Å²) in [6.45, 7) is 3.10. The Labute approximate surface area is 193 Å². The highest BCUT2D eigenvalue weighted by Crippen LogP contribution is 2.27. The fraction of sp³-hybridized carbons (Fsp3) is 0.391. The fourth-order valence-electron chi connectivity index (χ4n) is 4.11. The zero-order chi connectivity index (χ0) is 23.4. The van der Waals surface area contributed by atoms with Crippen LogP contribution in [0.5, 0.6) is 5.75 Å². The van der Waals surface area contributed by atoms with Crippen LogP contribution in [0, 0.1) is 0 Å². The van der Waals surface area contributed by atoms with E-state index in [1.54, 1.807) is 19.2 Å². The minimum Gasteiger partial charge on any atom is -0.497 e. The molecule has 2 aliphatic heterocycles. The van der Waals surface area contributed by atoms with Crippen molar-refractivity contribution in [2.24, 2.45) is 0 Å². The molecule has 2 heterocycles. The molecule has 33 heavy (non-hydrogen) atoms. The summed E-state index contributed by atoms with van der Waals surface area (Å²) in [5.41, 5.74) is 1.52. The lowest BCUT2D eigenvalue weighted by atomic mass is 10.0. The van der Waals surface area contributed by atoms with Crippen LogP contribution in [-0.2, 0) is 19.6 Å². The molecule has 2 fully saturated rings. The van der Waals surface area contributed by atoms with Gasteiger partial charge < -0.3 is 14.8 Å². The Balaban J connectivity index is 1.51. The molecule has 0 radical (unpaired) electrons. The molecule has 2 saturated heterocycles. The van der Waals surface area contributed by atoms with E-state index < -0.39 is 15.9 Å². The standard InChI is InChI=1S/C23H27N3O6S/c1-31-20-7-5-17(6-8-20)21(25-10-12-32-13-11-25)16-24-23(28)18-3-2-4-19(15-18)26-22(27)9-14-33(26,29)30/h2-8,15,21H,9-14,16H2,1H3,(H,24,28)/t21-/m1/s1. The monoisotopic (exact) mass is 473 g/mol. The molecule has 0 spiro atoms. The van der Waals surface area contributed by atoms with Crippen LogP contribution in [-0.4, -0.2) is 70.8 Å². The topological polar surface area (TPSA) is 105 Å². The van der Waals surface area contributed by atoms with Gasteiger partial charge in [-0.25, -0.2) is 12.7 Å². The highest BCUT2D eigenvalue weighted by atomic mass is 32.2. The second-order valence-corrected chi connectivity index (χ2v) is 9.86. The van der Waals surface area contributed by atoms with Crippen molar-refractivity contribution >= 4 is 27.5 Å². The number of benzene rings is 2. The van der Waals surface area contributed by atoms with Crippen molar-refractivity contribution in [2.45, 2.75) is 12.5 Å². The van der Waals surface area contributed by atoms with Crippen LogP contribution in [0.4, 0.5) is 5.69 Å². The first-order valence-electron chi connectivity index (χ1n) is 10.8. The molecule has 0 aromatic heterocycles. The van der Waals surface area contributed by atoms with Crippen molar-refractivity contribution < 1.29 is 27.5 Å². The van der Waals surface area contributed by atoms with Crippen LogP contribution < -0.4 is 14.4 Å². The number of methoxy groups -OCH3 is 1. The molecule has 2 aromatic rings. The van der Waals surface area contributed by atoms with Gasteiger partial charge in [0.25, 0.3) is 5.91 Å². The average Bonchev–Trinajstić information content (AvgIpc) is 3.12. The molecular weight excluding hydrogens is 446 g/mol. The first kappa shape index (κ1) is 23.2.